The number of amides is 1. The van der Waals surface area contributed by atoms with Gasteiger partial charge >= 0.3 is 0 Å². The average molecular weight is 336 g/mol. The normalized spacial score (nSPS) is 27.6. The minimum atomic E-state index is -2.86. The molecule has 0 aliphatic carbocycles. The van der Waals surface area contributed by atoms with Crippen LogP contribution in [0.5, 0.6) is 0 Å². The zero-order valence-corrected chi connectivity index (χ0v) is 14.3. The highest BCUT2D eigenvalue weighted by Gasteiger charge is 2.35. The predicted molar refractivity (Wildman–Crippen MR) is 91.2 cm³/mol. The summed E-state index contributed by atoms with van der Waals surface area (Å²) in [5.41, 5.74) is 0.944. The van der Waals surface area contributed by atoms with Gasteiger partial charge in [-0.15, -0.1) is 0 Å². The van der Waals surface area contributed by atoms with E-state index in [-0.39, 0.29) is 23.6 Å². The second-order valence-electron chi connectivity index (χ2n) is 6.69. The molecule has 1 aromatic rings. The molecule has 1 amide bonds. The highest BCUT2D eigenvalue weighted by molar-refractivity contribution is 7.91. The lowest BCUT2D eigenvalue weighted by atomic mass is 10.0. The van der Waals surface area contributed by atoms with E-state index in [4.69, 9.17) is 0 Å². The number of piperidine rings is 1. The molecule has 23 heavy (non-hydrogen) atoms. The smallest absolute Gasteiger partial charge is 0.244 e. The number of likely N-dealkylation sites (N-methyl/N-ethyl adjacent to an activating group) is 1. The van der Waals surface area contributed by atoms with Crippen molar-refractivity contribution in [2.45, 2.75) is 25.3 Å². The Hall–Kier alpha value is -1.40. The quantitative estimate of drug-likeness (QED) is 0.837. The summed E-state index contributed by atoms with van der Waals surface area (Å²) in [6, 6.07) is 9.61. The van der Waals surface area contributed by atoms with Gasteiger partial charge in [-0.05, 0) is 44.4 Å². The molecule has 6 heteroatoms. The molecule has 2 heterocycles. The Balaban J connectivity index is 1.66. The van der Waals surface area contributed by atoms with Crippen LogP contribution in [0.3, 0.4) is 0 Å². The molecule has 5 nitrogen and oxygen atoms in total. The van der Waals surface area contributed by atoms with E-state index < -0.39 is 9.84 Å². The number of hydrogen-bond donors (Lipinski definition) is 0. The van der Waals surface area contributed by atoms with Gasteiger partial charge in [-0.25, -0.2) is 8.42 Å². The van der Waals surface area contributed by atoms with E-state index >= 15 is 0 Å². The molecule has 0 N–H and O–H groups in total. The second-order valence-corrected chi connectivity index (χ2v) is 8.92. The number of hydrogen-bond acceptors (Lipinski definition) is 4. The monoisotopic (exact) mass is 336 g/mol. The third kappa shape index (κ3) is 3.75. The molecular formula is C17H24N2O3S. The zero-order chi connectivity index (χ0) is 16.4. The Morgan fingerprint density at radius 2 is 1.96 bits per heavy atom. The number of anilines is 1. The average Bonchev–Trinajstić information content (AvgIpc) is 2.87. The lowest BCUT2D eigenvalue weighted by Gasteiger charge is -2.37. The summed E-state index contributed by atoms with van der Waals surface area (Å²) in [6.45, 7) is 1.43. The van der Waals surface area contributed by atoms with Crippen molar-refractivity contribution in [1.29, 1.82) is 0 Å². The summed E-state index contributed by atoms with van der Waals surface area (Å²) in [7, 11) is -0.915. The van der Waals surface area contributed by atoms with Gasteiger partial charge in [0.05, 0.1) is 17.5 Å². The maximum absolute atomic E-state index is 12.8. The number of para-hydroxylation sites is 1. The van der Waals surface area contributed by atoms with Gasteiger partial charge in [0.25, 0.3) is 0 Å². The van der Waals surface area contributed by atoms with Gasteiger partial charge in [0.2, 0.25) is 5.91 Å². The Labute approximate surface area is 138 Å². The first kappa shape index (κ1) is 16.5. The molecule has 2 saturated heterocycles. The van der Waals surface area contributed by atoms with Crippen LogP contribution in [0, 0.1) is 5.92 Å². The molecule has 3 rings (SSSR count). The van der Waals surface area contributed by atoms with Gasteiger partial charge in [0.1, 0.15) is 0 Å². The van der Waals surface area contributed by atoms with Gasteiger partial charge in [-0.1, -0.05) is 18.2 Å². The van der Waals surface area contributed by atoms with Gasteiger partial charge in [0.15, 0.2) is 9.84 Å². The molecule has 0 radical (unpaired) electrons. The van der Waals surface area contributed by atoms with E-state index in [0.717, 1.165) is 31.5 Å². The number of sulfone groups is 1. The topological polar surface area (TPSA) is 57.7 Å². The Morgan fingerprint density at radius 3 is 2.61 bits per heavy atom. The zero-order valence-electron chi connectivity index (χ0n) is 13.5. The van der Waals surface area contributed by atoms with Crippen molar-refractivity contribution in [3.05, 3.63) is 30.3 Å². The maximum atomic E-state index is 12.8. The third-order valence-electron chi connectivity index (χ3n) is 4.88. The molecule has 2 aliphatic heterocycles. The number of rotatable bonds is 4. The first-order valence-electron chi connectivity index (χ1n) is 8.23. The van der Waals surface area contributed by atoms with E-state index in [1.54, 1.807) is 0 Å². The van der Waals surface area contributed by atoms with Crippen LogP contribution in [0.2, 0.25) is 0 Å². The molecule has 2 fully saturated rings. The number of benzene rings is 1. The Bertz CT molecular complexity index is 660. The molecule has 126 valence electrons. The minimum Gasteiger partial charge on any atom is -0.311 e. The third-order valence-corrected chi connectivity index (χ3v) is 6.72. The minimum absolute atomic E-state index is 0.130. The largest absolute Gasteiger partial charge is 0.311 e. The lowest BCUT2D eigenvalue weighted by Crippen LogP contribution is -2.52. The molecule has 0 unspecified atom stereocenters. The highest BCUT2D eigenvalue weighted by Crippen LogP contribution is 2.25. The van der Waals surface area contributed by atoms with Crippen molar-refractivity contribution >= 4 is 21.4 Å². The van der Waals surface area contributed by atoms with E-state index in [0.29, 0.717) is 12.3 Å². The number of carbonyl (C=O) groups is 1. The van der Waals surface area contributed by atoms with E-state index in [1.807, 2.05) is 42.3 Å². The standard InChI is InChI=1S/C17H24N2O3S/c1-18(12-14-9-11-23(21,22)13-14)16-8-5-10-19(17(16)20)15-6-3-2-4-7-15/h2-4,6-7,14,16H,5,8-13H2,1H3/t14-,16-/m0/s1. The first-order valence-corrected chi connectivity index (χ1v) is 10.1. The van der Waals surface area contributed by atoms with Crippen LogP contribution >= 0.6 is 0 Å². The summed E-state index contributed by atoms with van der Waals surface area (Å²) in [5, 5.41) is 0. The fourth-order valence-electron chi connectivity index (χ4n) is 3.68. The van der Waals surface area contributed by atoms with Crippen molar-refractivity contribution in [3.63, 3.8) is 0 Å². The molecule has 2 aliphatic rings. The van der Waals surface area contributed by atoms with Crippen LogP contribution < -0.4 is 4.90 Å². The maximum Gasteiger partial charge on any atom is 0.244 e. The predicted octanol–water partition coefficient (Wildman–Crippen LogP) is 1.55. The molecule has 0 aromatic heterocycles. The Morgan fingerprint density at radius 1 is 1.22 bits per heavy atom. The molecule has 0 bridgehead atoms. The van der Waals surface area contributed by atoms with E-state index in [9.17, 15) is 13.2 Å². The van der Waals surface area contributed by atoms with Crippen LogP contribution in [0.25, 0.3) is 0 Å². The molecule has 1 aromatic carbocycles. The summed E-state index contributed by atoms with van der Waals surface area (Å²) >= 11 is 0. The van der Waals surface area contributed by atoms with Crippen LogP contribution in [0.1, 0.15) is 19.3 Å². The summed E-state index contributed by atoms with van der Waals surface area (Å²) in [5.74, 6) is 0.844. The van der Waals surface area contributed by atoms with E-state index in [2.05, 4.69) is 4.90 Å². The fourth-order valence-corrected chi connectivity index (χ4v) is 5.53. The highest BCUT2D eigenvalue weighted by atomic mass is 32.2. The SMILES string of the molecule is CN(C[C@@H]1CCS(=O)(=O)C1)[C@H]1CCCN(c2ccccc2)C1=O. The summed E-state index contributed by atoms with van der Waals surface area (Å²) in [4.78, 5) is 16.8. The van der Waals surface area contributed by atoms with Crippen LogP contribution in [0.15, 0.2) is 30.3 Å². The van der Waals surface area contributed by atoms with Crippen molar-refractivity contribution in [3.8, 4) is 0 Å². The van der Waals surface area contributed by atoms with Crippen molar-refractivity contribution < 1.29 is 13.2 Å². The Kier molecular flexibility index (Phi) is 4.73. The molecular weight excluding hydrogens is 312 g/mol. The lowest BCUT2D eigenvalue weighted by molar-refractivity contribution is -0.125. The van der Waals surface area contributed by atoms with Gasteiger partial charge in [-0.2, -0.15) is 0 Å². The molecule has 2 atom stereocenters. The number of nitrogens with zero attached hydrogens (tertiary/aromatic N) is 2. The second kappa shape index (κ2) is 6.61. The molecule has 0 spiro atoms. The number of carbonyl (C=O) groups excluding carboxylic acids is 1. The van der Waals surface area contributed by atoms with Crippen molar-refractivity contribution in [1.82, 2.24) is 4.90 Å². The van der Waals surface area contributed by atoms with Crippen molar-refractivity contribution in [2.75, 3.05) is 36.5 Å². The summed E-state index contributed by atoms with van der Waals surface area (Å²) in [6.07, 6.45) is 2.53. The van der Waals surface area contributed by atoms with Gasteiger partial charge in [0, 0.05) is 18.8 Å². The van der Waals surface area contributed by atoms with Crippen LogP contribution in [-0.4, -0.2) is 56.9 Å². The van der Waals surface area contributed by atoms with E-state index in [1.165, 1.54) is 0 Å². The fraction of sp³-hybridized carbons (Fsp3) is 0.588. The summed E-state index contributed by atoms with van der Waals surface area (Å²) < 4.78 is 23.2. The van der Waals surface area contributed by atoms with Gasteiger partial charge in [-0.3, -0.25) is 9.69 Å². The van der Waals surface area contributed by atoms with Crippen LogP contribution in [-0.2, 0) is 14.6 Å². The van der Waals surface area contributed by atoms with Crippen LogP contribution in [0.4, 0.5) is 5.69 Å². The molecule has 0 saturated carbocycles. The van der Waals surface area contributed by atoms with Crippen molar-refractivity contribution in [2.24, 2.45) is 5.92 Å². The van der Waals surface area contributed by atoms with Gasteiger partial charge < -0.3 is 4.90 Å². The first-order chi connectivity index (χ1) is 11.0.